The van der Waals surface area contributed by atoms with E-state index in [9.17, 15) is 0 Å². The van der Waals surface area contributed by atoms with E-state index in [1.54, 1.807) is 11.0 Å². The SMILES string of the molecule is Cn1cnc(N(C2=CC=C3C4=C(CCC=C4)C4=CC=CC2C34)c2ccccc2)n1. The van der Waals surface area contributed by atoms with Gasteiger partial charge in [0.1, 0.15) is 6.33 Å². The van der Waals surface area contributed by atoms with E-state index in [1.807, 2.05) is 13.1 Å². The second kappa shape index (κ2) is 6.31. The number of hydrogen-bond acceptors (Lipinski definition) is 3. The number of benzene rings is 1. The monoisotopic (exact) mass is 378 g/mol. The molecule has 4 aliphatic rings. The van der Waals surface area contributed by atoms with Crippen molar-refractivity contribution in [2.75, 3.05) is 4.90 Å². The van der Waals surface area contributed by atoms with Crippen LogP contribution in [0.25, 0.3) is 0 Å². The molecule has 4 aliphatic carbocycles. The largest absolute Gasteiger partial charge is 0.281 e. The molecule has 1 aromatic heterocycles. The van der Waals surface area contributed by atoms with Gasteiger partial charge >= 0.3 is 0 Å². The predicted molar refractivity (Wildman–Crippen MR) is 115 cm³/mol. The minimum atomic E-state index is 0.276. The smallest absolute Gasteiger partial charge is 0.253 e. The third-order valence-corrected chi connectivity index (χ3v) is 6.29. The zero-order chi connectivity index (χ0) is 19.4. The fourth-order valence-electron chi connectivity index (χ4n) is 5.10. The van der Waals surface area contributed by atoms with E-state index in [4.69, 9.17) is 0 Å². The zero-order valence-electron chi connectivity index (χ0n) is 16.4. The second-order valence-electron chi connectivity index (χ2n) is 7.95. The van der Waals surface area contributed by atoms with E-state index in [-0.39, 0.29) is 5.92 Å². The van der Waals surface area contributed by atoms with Gasteiger partial charge in [0.2, 0.25) is 0 Å². The van der Waals surface area contributed by atoms with Crippen LogP contribution in [0.3, 0.4) is 0 Å². The molecule has 142 valence electrons. The number of nitrogens with zero attached hydrogens (tertiary/aromatic N) is 4. The Bertz CT molecular complexity index is 1170. The average molecular weight is 378 g/mol. The third-order valence-electron chi connectivity index (χ3n) is 6.29. The van der Waals surface area contributed by atoms with Crippen molar-refractivity contribution in [3.8, 4) is 0 Å². The molecule has 1 heterocycles. The van der Waals surface area contributed by atoms with Crippen molar-refractivity contribution in [3.05, 3.63) is 107 Å². The second-order valence-corrected chi connectivity index (χ2v) is 7.95. The molecule has 0 saturated carbocycles. The van der Waals surface area contributed by atoms with Gasteiger partial charge in [0.05, 0.1) is 0 Å². The number of aromatic nitrogens is 3. The van der Waals surface area contributed by atoms with Gasteiger partial charge in [-0.2, -0.15) is 4.98 Å². The lowest BCUT2D eigenvalue weighted by Gasteiger charge is -2.37. The number of hydrogen-bond donors (Lipinski definition) is 0. The minimum Gasteiger partial charge on any atom is -0.281 e. The first-order valence-electron chi connectivity index (χ1n) is 10.2. The molecule has 6 rings (SSSR count). The van der Waals surface area contributed by atoms with Crippen LogP contribution in [-0.2, 0) is 7.05 Å². The number of anilines is 2. The fraction of sp³-hybridized carbons (Fsp3) is 0.200. The van der Waals surface area contributed by atoms with E-state index >= 15 is 0 Å². The Morgan fingerprint density at radius 1 is 1.07 bits per heavy atom. The zero-order valence-corrected chi connectivity index (χ0v) is 16.4. The predicted octanol–water partition coefficient (Wildman–Crippen LogP) is 5.17. The Labute approximate surface area is 170 Å². The van der Waals surface area contributed by atoms with E-state index in [0.717, 1.165) is 18.5 Å². The lowest BCUT2D eigenvalue weighted by atomic mass is 9.74. The molecule has 0 spiro atoms. The van der Waals surface area contributed by atoms with Crippen molar-refractivity contribution in [2.24, 2.45) is 18.9 Å². The number of aryl methyl sites for hydroxylation is 1. The Morgan fingerprint density at radius 3 is 2.79 bits per heavy atom. The van der Waals surface area contributed by atoms with Gasteiger partial charge in [0.15, 0.2) is 0 Å². The summed E-state index contributed by atoms with van der Waals surface area (Å²) >= 11 is 0. The van der Waals surface area contributed by atoms with Crippen LogP contribution in [0, 0.1) is 11.8 Å². The quantitative estimate of drug-likeness (QED) is 0.739. The summed E-state index contributed by atoms with van der Waals surface area (Å²) in [6, 6.07) is 10.4. The molecular formula is C25H22N4. The van der Waals surface area contributed by atoms with Gasteiger partial charge in [-0.25, -0.2) is 0 Å². The molecule has 0 bridgehead atoms. The number of fused-ring (bicyclic) bond motifs is 2. The summed E-state index contributed by atoms with van der Waals surface area (Å²) in [5, 5.41) is 4.64. The number of allylic oxidation sites excluding steroid dienone is 11. The van der Waals surface area contributed by atoms with E-state index in [1.165, 1.54) is 28.0 Å². The van der Waals surface area contributed by atoms with Crippen molar-refractivity contribution < 1.29 is 0 Å². The molecule has 1 aromatic carbocycles. The summed E-state index contributed by atoms with van der Waals surface area (Å²) < 4.78 is 1.76. The molecular weight excluding hydrogens is 356 g/mol. The minimum absolute atomic E-state index is 0.276. The van der Waals surface area contributed by atoms with Crippen molar-refractivity contribution in [2.45, 2.75) is 12.8 Å². The maximum atomic E-state index is 4.64. The standard InChI is InChI=1S/C25H22N4/c1-28-16-26-25(27-28)29(17-8-3-2-4-9-17)23-15-14-21-19-11-6-5-10-18(19)20-12-7-13-22(23)24(20)21/h2-4,6-9,11-16,22,24H,5,10H2,1H3. The maximum Gasteiger partial charge on any atom is 0.253 e. The van der Waals surface area contributed by atoms with Gasteiger partial charge in [-0.05, 0) is 53.3 Å². The average Bonchev–Trinajstić information content (AvgIpc) is 3.34. The molecule has 2 aromatic rings. The van der Waals surface area contributed by atoms with Gasteiger partial charge in [0, 0.05) is 30.3 Å². The molecule has 0 radical (unpaired) electrons. The summed E-state index contributed by atoms with van der Waals surface area (Å²) in [6.07, 6.45) is 20.2. The Hall–Kier alpha value is -3.40. The Kier molecular flexibility index (Phi) is 3.60. The first-order valence-corrected chi connectivity index (χ1v) is 10.2. The lowest BCUT2D eigenvalue weighted by Crippen LogP contribution is -2.31. The van der Waals surface area contributed by atoms with Crippen molar-refractivity contribution >= 4 is 11.6 Å². The van der Waals surface area contributed by atoms with Gasteiger partial charge < -0.3 is 0 Å². The Balaban J connectivity index is 1.52. The van der Waals surface area contributed by atoms with Crippen LogP contribution < -0.4 is 4.90 Å². The van der Waals surface area contributed by atoms with Crippen LogP contribution in [0.5, 0.6) is 0 Å². The first kappa shape index (κ1) is 16.5. The molecule has 2 atom stereocenters. The van der Waals surface area contributed by atoms with E-state index in [0.29, 0.717) is 11.9 Å². The first-order chi connectivity index (χ1) is 14.3. The third kappa shape index (κ3) is 2.45. The highest BCUT2D eigenvalue weighted by Crippen LogP contribution is 2.54. The van der Waals surface area contributed by atoms with Crippen molar-refractivity contribution in [1.29, 1.82) is 0 Å². The highest BCUT2D eigenvalue weighted by Gasteiger charge is 2.43. The molecule has 0 fully saturated rings. The highest BCUT2D eigenvalue weighted by atomic mass is 15.4. The summed E-state index contributed by atoms with van der Waals surface area (Å²) in [5.41, 5.74) is 8.25. The number of rotatable bonds is 3. The topological polar surface area (TPSA) is 34.0 Å². The van der Waals surface area contributed by atoms with Crippen LogP contribution >= 0.6 is 0 Å². The molecule has 0 saturated heterocycles. The summed E-state index contributed by atoms with van der Waals surface area (Å²) in [7, 11) is 1.91. The van der Waals surface area contributed by atoms with Crippen LogP contribution in [-0.4, -0.2) is 14.8 Å². The van der Waals surface area contributed by atoms with Crippen LogP contribution in [0.15, 0.2) is 107 Å². The molecule has 4 nitrogen and oxygen atoms in total. The number of para-hydroxylation sites is 1. The van der Waals surface area contributed by atoms with Gasteiger partial charge in [0.25, 0.3) is 5.95 Å². The normalized spacial score (nSPS) is 24.0. The fourth-order valence-corrected chi connectivity index (χ4v) is 5.10. The lowest BCUT2D eigenvalue weighted by molar-refractivity contribution is 0.575. The molecule has 0 N–H and O–H groups in total. The maximum absolute atomic E-state index is 4.64. The molecule has 29 heavy (non-hydrogen) atoms. The summed E-state index contributed by atoms with van der Waals surface area (Å²) in [4.78, 5) is 6.79. The summed E-state index contributed by atoms with van der Waals surface area (Å²) in [5.74, 6) is 1.38. The molecule has 4 heteroatoms. The van der Waals surface area contributed by atoms with E-state index < -0.39 is 0 Å². The summed E-state index contributed by atoms with van der Waals surface area (Å²) in [6.45, 7) is 0. The van der Waals surface area contributed by atoms with E-state index in [2.05, 4.69) is 81.8 Å². The van der Waals surface area contributed by atoms with Crippen LogP contribution in [0.4, 0.5) is 11.6 Å². The molecule has 2 unspecified atom stereocenters. The van der Waals surface area contributed by atoms with Gasteiger partial charge in [-0.15, -0.1) is 5.10 Å². The molecule has 0 aliphatic heterocycles. The Morgan fingerprint density at radius 2 is 1.97 bits per heavy atom. The van der Waals surface area contributed by atoms with Gasteiger partial charge in [-0.3, -0.25) is 9.58 Å². The van der Waals surface area contributed by atoms with Crippen molar-refractivity contribution in [1.82, 2.24) is 14.8 Å². The van der Waals surface area contributed by atoms with Gasteiger partial charge in [-0.1, -0.05) is 54.7 Å². The van der Waals surface area contributed by atoms with Crippen LogP contribution in [0.2, 0.25) is 0 Å². The highest BCUT2D eigenvalue weighted by molar-refractivity contribution is 5.71. The molecule has 0 amide bonds. The van der Waals surface area contributed by atoms with Crippen LogP contribution in [0.1, 0.15) is 12.8 Å². The van der Waals surface area contributed by atoms with Crippen molar-refractivity contribution in [3.63, 3.8) is 0 Å².